The van der Waals surface area contributed by atoms with Crippen LogP contribution in [0.15, 0.2) is 23.1 Å². The Hall–Kier alpha value is -1.05. The second-order valence-electron chi connectivity index (χ2n) is 4.85. The lowest BCUT2D eigenvalue weighted by atomic mass is 10.0. The summed E-state index contributed by atoms with van der Waals surface area (Å²) >= 11 is 0. The highest BCUT2D eigenvalue weighted by Gasteiger charge is 2.34. The molecule has 1 aliphatic heterocycles. The van der Waals surface area contributed by atoms with Crippen molar-refractivity contribution >= 4 is 10.0 Å². The number of aliphatic hydroxyl groups excluding tert-OH is 1. The number of benzene rings is 1. The second-order valence-corrected chi connectivity index (χ2v) is 6.71. The van der Waals surface area contributed by atoms with Crippen LogP contribution in [-0.4, -0.2) is 37.0 Å². The third kappa shape index (κ3) is 2.99. The van der Waals surface area contributed by atoms with Crippen LogP contribution in [0.5, 0.6) is 0 Å². The van der Waals surface area contributed by atoms with Gasteiger partial charge in [-0.1, -0.05) is 6.42 Å². The van der Waals surface area contributed by atoms with Gasteiger partial charge in [-0.3, -0.25) is 0 Å². The minimum Gasteiger partial charge on any atom is -0.396 e. The maximum Gasteiger partial charge on any atom is 0.246 e. The van der Waals surface area contributed by atoms with E-state index in [1.165, 1.54) is 4.31 Å². The molecule has 1 saturated heterocycles. The summed E-state index contributed by atoms with van der Waals surface area (Å²) in [7, 11) is -4.00. The van der Waals surface area contributed by atoms with Gasteiger partial charge in [0.15, 0.2) is 0 Å². The number of halogens is 2. The maximum absolute atomic E-state index is 13.7. The zero-order chi connectivity index (χ0) is 14.8. The fourth-order valence-electron chi connectivity index (χ4n) is 2.54. The van der Waals surface area contributed by atoms with Crippen molar-refractivity contribution in [2.75, 3.05) is 13.2 Å². The van der Waals surface area contributed by atoms with Crippen molar-refractivity contribution in [3.63, 3.8) is 0 Å². The standard InChI is InChI=1S/C13H17F2NO3S/c14-10-4-5-13(12(15)9-10)20(18,19)16-7-2-1-3-11(16)6-8-17/h4-5,9,11,17H,1-3,6-8H2. The van der Waals surface area contributed by atoms with E-state index in [1.807, 2.05) is 0 Å². The molecule has 0 radical (unpaired) electrons. The van der Waals surface area contributed by atoms with Crippen molar-refractivity contribution in [1.82, 2.24) is 4.31 Å². The van der Waals surface area contributed by atoms with Gasteiger partial charge >= 0.3 is 0 Å². The van der Waals surface area contributed by atoms with Crippen molar-refractivity contribution in [1.29, 1.82) is 0 Å². The summed E-state index contributed by atoms with van der Waals surface area (Å²) in [5, 5.41) is 9.02. The normalized spacial score (nSPS) is 21.1. The van der Waals surface area contributed by atoms with Crippen LogP contribution in [0.1, 0.15) is 25.7 Å². The quantitative estimate of drug-likeness (QED) is 0.924. The Morgan fingerprint density at radius 1 is 1.30 bits per heavy atom. The van der Waals surface area contributed by atoms with Gasteiger partial charge in [0.05, 0.1) is 0 Å². The molecule has 1 unspecified atom stereocenters. The molecule has 1 aromatic rings. The molecule has 0 amide bonds. The van der Waals surface area contributed by atoms with Crippen molar-refractivity contribution in [3.8, 4) is 0 Å². The van der Waals surface area contributed by atoms with Crippen molar-refractivity contribution in [2.24, 2.45) is 0 Å². The summed E-state index contributed by atoms with van der Waals surface area (Å²) in [5.74, 6) is -1.90. The number of hydrogen-bond donors (Lipinski definition) is 1. The van der Waals surface area contributed by atoms with E-state index in [4.69, 9.17) is 5.11 Å². The van der Waals surface area contributed by atoms with E-state index in [2.05, 4.69) is 0 Å². The van der Waals surface area contributed by atoms with Crippen molar-refractivity contribution < 1.29 is 22.3 Å². The molecule has 112 valence electrons. The fourth-order valence-corrected chi connectivity index (χ4v) is 4.31. The summed E-state index contributed by atoms with van der Waals surface area (Å²) in [6.07, 6.45) is 2.54. The lowest BCUT2D eigenvalue weighted by Gasteiger charge is -2.34. The first-order valence-electron chi connectivity index (χ1n) is 6.54. The van der Waals surface area contributed by atoms with Crippen molar-refractivity contribution in [2.45, 2.75) is 36.6 Å². The lowest BCUT2D eigenvalue weighted by Crippen LogP contribution is -2.44. The van der Waals surface area contributed by atoms with Crippen LogP contribution in [0.2, 0.25) is 0 Å². The minimum atomic E-state index is -4.00. The molecule has 1 aliphatic rings. The Balaban J connectivity index is 2.37. The van der Waals surface area contributed by atoms with E-state index < -0.39 is 26.6 Å². The van der Waals surface area contributed by atoms with Crippen LogP contribution in [-0.2, 0) is 10.0 Å². The molecule has 0 bridgehead atoms. The van der Waals surface area contributed by atoms with Gasteiger partial charge in [-0.05, 0) is 31.4 Å². The average molecular weight is 305 g/mol. The summed E-state index contributed by atoms with van der Waals surface area (Å²) in [6.45, 7) is 0.173. The van der Waals surface area contributed by atoms with Crippen LogP contribution in [0.4, 0.5) is 8.78 Å². The monoisotopic (exact) mass is 305 g/mol. The smallest absolute Gasteiger partial charge is 0.246 e. The van der Waals surface area contributed by atoms with E-state index in [9.17, 15) is 17.2 Å². The summed E-state index contributed by atoms with van der Waals surface area (Å²) < 4.78 is 52.8. The molecule has 0 aliphatic carbocycles. The van der Waals surface area contributed by atoms with Crippen LogP contribution in [0, 0.1) is 11.6 Å². The summed E-state index contributed by atoms with van der Waals surface area (Å²) in [5.41, 5.74) is 0. The number of hydrogen-bond acceptors (Lipinski definition) is 3. The number of rotatable bonds is 4. The number of piperidine rings is 1. The number of aliphatic hydroxyl groups is 1. The van der Waals surface area contributed by atoms with Crippen LogP contribution in [0.3, 0.4) is 0 Å². The van der Waals surface area contributed by atoms with Crippen molar-refractivity contribution in [3.05, 3.63) is 29.8 Å². The molecular formula is C13H17F2NO3S. The largest absolute Gasteiger partial charge is 0.396 e. The fraction of sp³-hybridized carbons (Fsp3) is 0.538. The van der Waals surface area contributed by atoms with Gasteiger partial charge in [-0.15, -0.1) is 0 Å². The predicted octanol–water partition coefficient (Wildman–Crippen LogP) is 1.89. The van der Waals surface area contributed by atoms with Gasteiger partial charge in [-0.25, -0.2) is 17.2 Å². The van der Waals surface area contributed by atoms with E-state index in [-0.39, 0.29) is 12.6 Å². The first kappa shape index (κ1) is 15.3. The Kier molecular flexibility index (Phi) is 4.72. The number of nitrogens with zero attached hydrogens (tertiary/aromatic N) is 1. The Bertz CT molecular complexity index is 575. The maximum atomic E-state index is 13.7. The molecular weight excluding hydrogens is 288 g/mol. The van der Waals surface area contributed by atoms with E-state index in [0.29, 0.717) is 31.9 Å². The van der Waals surface area contributed by atoms with E-state index in [1.54, 1.807) is 0 Å². The molecule has 4 nitrogen and oxygen atoms in total. The molecule has 0 spiro atoms. The molecule has 1 heterocycles. The molecule has 1 N–H and O–H groups in total. The Morgan fingerprint density at radius 3 is 2.70 bits per heavy atom. The van der Waals surface area contributed by atoms with Crippen LogP contribution in [0.25, 0.3) is 0 Å². The molecule has 1 atom stereocenters. The zero-order valence-corrected chi connectivity index (χ0v) is 11.7. The molecule has 20 heavy (non-hydrogen) atoms. The topological polar surface area (TPSA) is 57.6 Å². The van der Waals surface area contributed by atoms with Gasteiger partial charge in [-0.2, -0.15) is 4.31 Å². The van der Waals surface area contributed by atoms with Crippen LogP contribution < -0.4 is 0 Å². The molecule has 7 heteroatoms. The molecule has 1 fully saturated rings. The molecule has 1 aromatic carbocycles. The first-order valence-corrected chi connectivity index (χ1v) is 7.98. The highest BCUT2D eigenvalue weighted by Crippen LogP contribution is 2.28. The average Bonchev–Trinajstić information content (AvgIpc) is 2.39. The second kappa shape index (κ2) is 6.15. The highest BCUT2D eigenvalue weighted by atomic mass is 32.2. The van der Waals surface area contributed by atoms with E-state index >= 15 is 0 Å². The van der Waals surface area contributed by atoms with Gasteiger partial charge in [0.1, 0.15) is 16.5 Å². The third-order valence-corrected chi connectivity index (χ3v) is 5.50. The van der Waals surface area contributed by atoms with Gasteiger partial charge in [0.25, 0.3) is 0 Å². The summed E-state index contributed by atoms with van der Waals surface area (Å²) in [6, 6.07) is 2.12. The molecule has 0 aromatic heterocycles. The van der Waals surface area contributed by atoms with Gasteiger partial charge in [0.2, 0.25) is 10.0 Å². The molecule has 2 rings (SSSR count). The van der Waals surface area contributed by atoms with E-state index in [0.717, 1.165) is 18.6 Å². The highest BCUT2D eigenvalue weighted by molar-refractivity contribution is 7.89. The van der Waals surface area contributed by atoms with Gasteiger partial charge in [0, 0.05) is 25.3 Å². The third-order valence-electron chi connectivity index (χ3n) is 3.52. The Labute approximate surface area is 117 Å². The minimum absolute atomic E-state index is 0.122. The summed E-state index contributed by atoms with van der Waals surface area (Å²) in [4.78, 5) is -0.510. The molecule has 0 saturated carbocycles. The zero-order valence-electron chi connectivity index (χ0n) is 10.9. The SMILES string of the molecule is O=S(=O)(c1ccc(F)cc1F)N1CCCCC1CCO. The predicted molar refractivity (Wildman–Crippen MR) is 69.6 cm³/mol. The Morgan fingerprint density at radius 2 is 2.05 bits per heavy atom. The lowest BCUT2D eigenvalue weighted by molar-refractivity contribution is 0.192. The first-order chi connectivity index (χ1) is 9.46. The number of sulfonamides is 1. The van der Waals surface area contributed by atoms with Crippen LogP contribution >= 0.6 is 0 Å². The van der Waals surface area contributed by atoms with Gasteiger partial charge < -0.3 is 5.11 Å².